The van der Waals surface area contributed by atoms with Crippen molar-refractivity contribution in [3.8, 4) is 17.7 Å². The zero-order valence-electron chi connectivity index (χ0n) is 23.3. The molecule has 0 spiro atoms. The molecule has 1 fully saturated rings. The summed E-state index contributed by atoms with van der Waals surface area (Å²) in [4.78, 5) is 30.5. The van der Waals surface area contributed by atoms with E-state index in [0.29, 0.717) is 24.4 Å². The van der Waals surface area contributed by atoms with Crippen molar-refractivity contribution >= 4 is 12.1 Å². The zero-order valence-corrected chi connectivity index (χ0v) is 23.3. The smallest absolute Gasteiger partial charge is 0.410 e. The summed E-state index contributed by atoms with van der Waals surface area (Å²) >= 11 is 0. The molecular weight excluding hydrogens is 510 g/mol. The fraction of sp³-hybridized carbons (Fsp3) is 0.483. The van der Waals surface area contributed by atoms with Crippen LogP contribution in [0.1, 0.15) is 68.7 Å². The fourth-order valence-electron chi connectivity index (χ4n) is 3.46. The number of carbonyl (C=O) groups excluding carboxylic acids is 2. The zero-order chi connectivity index (χ0) is 29.0. The maximum Gasteiger partial charge on any atom is 0.410 e. The summed E-state index contributed by atoms with van der Waals surface area (Å²) in [6.07, 6.45) is -1.02. The van der Waals surface area contributed by atoms with Crippen LogP contribution >= 0.6 is 0 Å². The first kappa shape index (κ1) is 29.8. The lowest BCUT2D eigenvalue weighted by Gasteiger charge is -2.32. The standard InChI is InChI=1S/C29H34F2N2O6/c1-18-8-9-19(10-11-21-16-33(12-13-36-21)27(35)39-29(5,6)7)25(32-18)37-17-22-23(30)14-20(15-24(22)31)26(34)38-28(2,3)4/h8-9,14-15,21H,12-13,16-17H2,1-7H3. The predicted molar refractivity (Wildman–Crippen MR) is 139 cm³/mol. The van der Waals surface area contributed by atoms with Crippen LogP contribution in [0.2, 0.25) is 0 Å². The van der Waals surface area contributed by atoms with Gasteiger partial charge in [-0.3, -0.25) is 0 Å². The van der Waals surface area contributed by atoms with E-state index >= 15 is 0 Å². The number of rotatable bonds is 4. The molecule has 3 rings (SSSR count). The number of hydrogen-bond acceptors (Lipinski definition) is 7. The maximum absolute atomic E-state index is 14.7. The molecule has 0 bridgehead atoms. The van der Waals surface area contributed by atoms with Gasteiger partial charge in [0.1, 0.15) is 35.5 Å². The fourth-order valence-corrected chi connectivity index (χ4v) is 3.46. The number of benzene rings is 1. The summed E-state index contributed by atoms with van der Waals surface area (Å²) in [6.45, 7) is 12.5. The van der Waals surface area contributed by atoms with Gasteiger partial charge in [0.05, 0.1) is 29.8 Å². The summed E-state index contributed by atoms with van der Waals surface area (Å²) in [7, 11) is 0. The number of nitrogens with zero attached hydrogens (tertiary/aromatic N) is 2. The molecule has 0 saturated carbocycles. The summed E-state index contributed by atoms with van der Waals surface area (Å²) < 4.78 is 51.4. The Kier molecular flexibility index (Phi) is 9.18. The molecule has 1 aliphatic rings. The number of morpholine rings is 1. The number of aromatic nitrogens is 1. The minimum absolute atomic E-state index is 0.0809. The number of hydrogen-bond donors (Lipinski definition) is 0. The lowest BCUT2D eigenvalue weighted by molar-refractivity contribution is -0.0236. The Labute approximate surface area is 227 Å². The van der Waals surface area contributed by atoms with Gasteiger partial charge in [0, 0.05) is 12.2 Å². The molecule has 2 heterocycles. The molecule has 1 aromatic heterocycles. The molecule has 1 aliphatic heterocycles. The van der Waals surface area contributed by atoms with Crippen molar-refractivity contribution in [3.05, 3.63) is 58.3 Å². The molecule has 210 valence electrons. The van der Waals surface area contributed by atoms with Crippen molar-refractivity contribution < 1.29 is 37.3 Å². The van der Waals surface area contributed by atoms with Gasteiger partial charge < -0.3 is 23.8 Å². The Morgan fingerprint density at radius 3 is 2.33 bits per heavy atom. The molecular formula is C29H34F2N2O6. The minimum atomic E-state index is -0.950. The number of aryl methyl sites for hydroxylation is 1. The van der Waals surface area contributed by atoms with Crippen LogP contribution < -0.4 is 4.74 Å². The molecule has 1 atom stereocenters. The first-order valence-corrected chi connectivity index (χ1v) is 12.5. The Hall–Kier alpha value is -3.71. The normalized spacial score (nSPS) is 15.7. The number of ether oxygens (including phenoxy) is 4. The first-order chi connectivity index (χ1) is 18.1. The van der Waals surface area contributed by atoms with Crippen LogP contribution in [0.15, 0.2) is 24.3 Å². The third kappa shape index (κ3) is 8.93. The van der Waals surface area contributed by atoms with Crippen LogP contribution in [0.5, 0.6) is 5.88 Å². The summed E-state index contributed by atoms with van der Waals surface area (Å²) in [5.74, 6) is 3.25. The summed E-state index contributed by atoms with van der Waals surface area (Å²) in [5.41, 5.74) is -1.04. The third-order valence-corrected chi connectivity index (χ3v) is 5.21. The van der Waals surface area contributed by atoms with Crippen molar-refractivity contribution in [2.75, 3.05) is 19.7 Å². The lowest BCUT2D eigenvalue weighted by atomic mass is 10.1. The van der Waals surface area contributed by atoms with Gasteiger partial charge in [-0.05, 0) is 72.7 Å². The van der Waals surface area contributed by atoms with Crippen LogP contribution in [0, 0.1) is 30.4 Å². The van der Waals surface area contributed by atoms with Gasteiger partial charge in [0.25, 0.3) is 0 Å². The van der Waals surface area contributed by atoms with E-state index in [1.54, 1.807) is 60.6 Å². The molecule has 1 amide bonds. The van der Waals surface area contributed by atoms with E-state index in [1.807, 2.05) is 0 Å². The van der Waals surface area contributed by atoms with Crippen LogP contribution in [-0.2, 0) is 20.8 Å². The molecule has 39 heavy (non-hydrogen) atoms. The second kappa shape index (κ2) is 12.0. The van der Waals surface area contributed by atoms with Crippen molar-refractivity contribution in [2.45, 2.75) is 72.4 Å². The van der Waals surface area contributed by atoms with Crippen LogP contribution in [-0.4, -0.2) is 58.9 Å². The lowest BCUT2D eigenvalue weighted by Crippen LogP contribution is -2.47. The second-order valence-electron chi connectivity index (χ2n) is 11.1. The predicted octanol–water partition coefficient (Wildman–Crippen LogP) is 5.19. The monoisotopic (exact) mass is 544 g/mol. The van der Waals surface area contributed by atoms with Gasteiger partial charge >= 0.3 is 12.1 Å². The van der Waals surface area contributed by atoms with E-state index in [-0.39, 0.29) is 23.6 Å². The molecule has 0 radical (unpaired) electrons. The van der Waals surface area contributed by atoms with Gasteiger partial charge in [-0.1, -0.05) is 11.8 Å². The van der Waals surface area contributed by atoms with Crippen molar-refractivity contribution in [3.63, 3.8) is 0 Å². The largest absolute Gasteiger partial charge is 0.472 e. The third-order valence-electron chi connectivity index (χ3n) is 5.21. The van der Waals surface area contributed by atoms with E-state index in [1.165, 1.54) is 4.90 Å². The Balaban J connectivity index is 1.74. The highest BCUT2D eigenvalue weighted by Gasteiger charge is 2.27. The number of carbonyl (C=O) groups is 2. The van der Waals surface area contributed by atoms with Crippen molar-refractivity contribution in [1.82, 2.24) is 9.88 Å². The van der Waals surface area contributed by atoms with Crippen LogP contribution in [0.4, 0.5) is 13.6 Å². The first-order valence-electron chi connectivity index (χ1n) is 12.5. The SMILES string of the molecule is Cc1ccc(C#CC2CN(C(=O)OC(C)(C)C)CCO2)c(OCc2c(F)cc(C(=O)OC(C)(C)C)cc2F)n1. The minimum Gasteiger partial charge on any atom is -0.472 e. The highest BCUT2D eigenvalue weighted by atomic mass is 19.1. The number of esters is 1. The Morgan fingerprint density at radius 2 is 1.72 bits per heavy atom. The molecule has 0 aliphatic carbocycles. The average molecular weight is 545 g/mol. The Bertz CT molecular complexity index is 1260. The number of amides is 1. The highest BCUT2D eigenvalue weighted by Crippen LogP contribution is 2.22. The molecule has 10 heteroatoms. The summed E-state index contributed by atoms with van der Waals surface area (Å²) in [5, 5.41) is 0. The van der Waals surface area contributed by atoms with Crippen molar-refractivity contribution in [2.24, 2.45) is 0 Å². The molecule has 2 aromatic rings. The van der Waals surface area contributed by atoms with Gasteiger partial charge in [-0.2, -0.15) is 0 Å². The molecule has 1 unspecified atom stereocenters. The van der Waals surface area contributed by atoms with E-state index < -0.39 is 47.6 Å². The highest BCUT2D eigenvalue weighted by molar-refractivity contribution is 5.89. The van der Waals surface area contributed by atoms with Gasteiger partial charge in [-0.25, -0.2) is 23.4 Å². The van der Waals surface area contributed by atoms with E-state index in [0.717, 1.165) is 12.1 Å². The van der Waals surface area contributed by atoms with E-state index in [9.17, 15) is 18.4 Å². The number of halogens is 2. The van der Waals surface area contributed by atoms with Crippen LogP contribution in [0.25, 0.3) is 0 Å². The quantitative estimate of drug-likeness (QED) is 0.387. The average Bonchev–Trinajstić information content (AvgIpc) is 2.81. The molecule has 1 saturated heterocycles. The van der Waals surface area contributed by atoms with Crippen molar-refractivity contribution in [1.29, 1.82) is 0 Å². The van der Waals surface area contributed by atoms with E-state index in [4.69, 9.17) is 18.9 Å². The molecule has 0 N–H and O–H groups in total. The summed E-state index contributed by atoms with van der Waals surface area (Å²) in [6, 6.07) is 5.23. The topological polar surface area (TPSA) is 87.2 Å². The van der Waals surface area contributed by atoms with Gasteiger partial charge in [0.2, 0.25) is 5.88 Å². The molecule has 1 aromatic carbocycles. The van der Waals surface area contributed by atoms with Gasteiger partial charge in [-0.15, -0.1) is 0 Å². The second-order valence-corrected chi connectivity index (χ2v) is 11.1. The Morgan fingerprint density at radius 1 is 1.08 bits per heavy atom. The maximum atomic E-state index is 14.7. The number of pyridine rings is 1. The van der Waals surface area contributed by atoms with Gasteiger partial charge in [0.15, 0.2) is 0 Å². The molecule has 8 nitrogen and oxygen atoms in total. The van der Waals surface area contributed by atoms with E-state index in [2.05, 4.69) is 16.8 Å². The van der Waals surface area contributed by atoms with Crippen LogP contribution in [0.3, 0.4) is 0 Å².